The number of hydrogen-bond donors (Lipinski definition) is 2. The summed E-state index contributed by atoms with van der Waals surface area (Å²) in [4.78, 5) is 7.91. The van der Waals surface area contributed by atoms with Gasteiger partial charge in [-0.1, -0.05) is 23.2 Å². The van der Waals surface area contributed by atoms with Crippen LogP contribution in [0.25, 0.3) is 0 Å². The van der Waals surface area contributed by atoms with Crippen molar-refractivity contribution in [3.8, 4) is 0 Å². The van der Waals surface area contributed by atoms with Gasteiger partial charge in [0.2, 0.25) is 5.95 Å². The van der Waals surface area contributed by atoms with Crippen molar-refractivity contribution in [2.24, 2.45) is 0 Å². The Morgan fingerprint density at radius 3 is 2.00 bits per heavy atom. The molecule has 0 aliphatic rings. The minimum atomic E-state index is -3.91. The molecule has 0 aliphatic carbocycles. The fourth-order valence-corrected chi connectivity index (χ4v) is 3.28. The zero-order chi connectivity index (χ0) is 15.8. The Labute approximate surface area is 132 Å². The van der Waals surface area contributed by atoms with Crippen molar-refractivity contribution in [3.63, 3.8) is 0 Å². The van der Waals surface area contributed by atoms with Crippen molar-refractivity contribution in [2.75, 3.05) is 10.5 Å². The first-order chi connectivity index (χ1) is 9.69. The van der Waals surface area contributed by atoms with Crippen LogP contribution in [-0.2, 0) is 10.0 Å². The molecule has 2 aromatic rings. The lowest BCUT2D eigenvalue weighted by Gasteiger charge is -2.10. The minimum Gasteiger partial charge on any atom is -0.396 e. The lowest BCUT2D eigenvalue weighted by Crippen LogP contribution is -2.16. The van der Waals surface area contributed by atoms with E-state index in [9.17, 15) is 8.42 Å². The Bertz CT molecular complexity index is 766. The Morgan fingerprint density at radius 2 is 1.52 bits per heavy atom. The molecule has 1 aromatic heterocycles. The number of sulfonamides is 1. The van der Waals surface area contributed by atoms with Crippen LogP contribution in [0.1, 0.15) is 11.4 Å². The van der Waals surface area contributed by atoms with Crippen LogP contribution in [0.3, 0.4) is 0 Å². The van der Waals surface area contributed by atoms with Gasteiger partial charge in [-0.2, -0.15) is 0 Å². The summed E-state index contributed by atoms with van der Waals surface area (Å²) < 4.78 is 26.9. The molecule has 112 valence electrons. The van der Waals surface area contributed by atoms with Gasteiger partial charge in [0, 0.05) is 11.4 Å². The number of nitrogens with one attached hydrogen (secondary N) is 1. The summed E-state index contributed by atoms with van der Waals surface area (Å²) in [5.74, 6) is -0.0171. The van der Waals surface area contributed by atoms with Gasteiger partial charge in [-0.25, -0.2) is 23.1 Å². The smallest absolute Gasteiger partial charge is 0.264 e. The lowest BCUT2D eigenvalue weighted by molar-refractivity contribution is 0.601. The number of anilines is 2. The molecule has 2 rings (SSSR count). The Balaban J connectivity index is 2.43. The van der Waals surface area contributed by atoms with Crippen LogP contribution in [0, 0.1) is 13.8 Å². The fraction of sp³-hybridized carbons (Fsp3) is 0.167. The SMILES string of the molecule is Cc1cc(C)nc(NS(=O)(=O)c2cc(Cl)c(N)c(Cl)c2)n1. The zero-order valence-corrected chi connectivity index (χ0v) is 13.5. The number of nitrogens with two attached hydrogens (primary N) is 1. The molecule has 0 fully saturated rings. The van der Waals surface area contributed by atoms with E-state index >= 15 is 0 Å². The van der Waals surface area contributed by atoms with Crippen molar-refractivity contribution in [2.45, 2.75) is 18.7 Å². The standard InChI is InChI=1S/C12H12Cl2N4O2S/c1-6-3-7(2)17-12(16-6)18-21(19,20)8-4-9(13)11(15)10(14)5-8/h3-5H,15H2,1-2H3,(H,16,17,18). The second-order valence-corrected chi connectivity index (χ2v) is 6.88. The van der Waals surface area contributed by atoms with Gasteiger partial charge < -0.3 is 5.73 Å². The van der Waals surface area contributed by atoms with E-state index in [0.717, 1.165) is 0 Å². The van der Waals surface area contributed by atoms with E-state index in [4.69, 9.17) is 28.9 Å². The number of hydrogen-bond acceptors (Lipinski definition) is 5. The molecule has 21 heavy (non-hydrogen) atoms. The largest absolute Gasteiger partial charge is 0.396 e. The molecule has 0 spiro atoms. The van der Waals surface area contributed by atoms with E-state index in [1.165, 1.54) is 12.1 Å². The first-order valence-electron chi connectivity index (χ1n) is 5.78. The van der Waals surface area contributed by atoms with Gasteiger partial charge in [0.05, 0.1) is 20.6 Å². The summed E-state index contributed by atoms with van der Waals surface area (Å²) in [5.41, 5.74) is 7.00. The van der Waals surface area contributed by atoms with Crippen molar-refractivity contribution < 1.29 is 8.42 Å². The van der Waals surface area contributed by atoms with Crippen molar-refractivity contribution in [3.05, 3.63) is 39.6 Å². The number of rotatable bonds is 3. The maximum Gasteiger partial charge on any atom is 0.264 e. The summed E-state index contributed by atoms with van der Waals surface area (Å²) in [6, 6.07) is 4.16. The maximum absolute atomic E-state index is 12.3. The molecule has 0 saturated heterocycles. The van der Waals surface area contributed by atoms with Crippen LogP contribution in [0.2, 0.25) is 10.0 Å². The molecule has 0 bridgehead atoms. The van der Waals surface area contributed by atoms with E-state index in [0.29, 0.717) is 11.4 Å². The molecule has 0 aliphatic heterocycles. The molecular weight excluding hydrogens is 335 g/mol. The van der Waals surface area contributed by atoms with E-state index in [1.54, 1.807) is 19.9 Å². The lowest BCUT2D eigenvalue weighted by atomic mass is 10.3. The number of nitrogen functional groups attached to an aromatic ring is 1. The van der Waals surface area contributed by atoms with Gasteiger partial charge in [0.15, 0.2) is 0 Å². The number of aromatic nitrogens is 2. The molecule has 9 heteroatoms. The number of halogens is 2. The van der Waals surface area contributed by atoms with Crippen molar-refractivity contribution >= 4 is 44.9 Å². The Kier molecular flexibility index (Phi) is 4.27. The highest BCUT2D eigenvalue weighted by atomic mass is 35.5. The average Bonchev–Trinajstić information content (AvgIpc) is 2.33. The Hall–Kier alpha value is -1.57. The third-order valence-electron chi connectivity index (χ3n) is 2.57. The molecule has 1 heterocycles. The predicted octanol–water partition coefficient (Wildman–Crippen LogP) is 2.78. The van der Waals surface area contributed by atoms with Gasteiger partial charge in [-0.3, -0.25) is 0 Å². The molecule has 0 amide bonds. The van der Waals surface area contributed by atoms with E-state index < -0.39 is 10.0 Å². The maximum atomic E-state index is 12.3. The Morgan fingerprint density at radius 1 is 1.05 bits per heavy atom. The second kappa shape index (κ2) is 5.67. The van der Waals surface area contributed by atoms with Crippen LogP contribution < -0.4 is 10.5 Å². The average molecular weight is 347 g/mol. The van der Waals surface area contributed by atoms with Gasteiger partial charge >= 0.3 is 0 Å². The molecule has 0 radical (unpaired) electrons. The molecule has 0 unspecified atom stereocenters. The van der Waals surface area contributed by atoms with E-state index in [1.807, 2.05) is 0 Å². The summed E-state index contributed by atoms with van der Waals surface area (Å²) in [5, 5.41) is 0.119. The third-order valence-corrected chi connectivity index (χ3v) is 4.50. The first-order valence-corrected chi connectivity index (χ1v) is 8.02. The highest BCUT2D eigenvalue weighted by Crippen LogP contribution is 2.31. The number of nitrogens with zero attached hydrogens (tertiary/aromatic N) is 2. The zero-order valence-electron chi connectivity index (χ0n) is 11.2. The van der Waals surface area contributed by atoms with Crippen LogP contribution in [-0.4, -0.2) is 18.4 Å². The summed E-state index contributed by atoms with van der Waals surface area (Å²) >= 11 is 11.7. The molecule has 0 saturated carbocycles. The highest BCUT2D eigenvalue weighted by Gasteiger charge is 2.19. The van der Waals surface area contributed by atoms with E-state index in [-0.39, 0.29) is 26.6 Å². The highest BCUT2D eigenvalue weighted by molar-refractivity contribution is 7.92. The predicted molar refractivity (Wildman–Crippen MR) is 83.2 cm³/mol. The molecular formula is C12H12Cl2N4O2S. The normalized spacial score (nSPS) is 11.4. The van der Waals surface area contributed by atoms with E-state index in [2.05, 4.69) is 14.7 Å². The number of benzene rings is 1. The molecule has 0 atom stereocenters. The van der Waals surface area contributed by atoms with Gasteiger partial charge in [0.1, 0.15) is 0 Å². The quantitative estimate of drug-likeness (QED) is 0.832. The van der Waals surface area contributed by atoms with Gasteiger partial charge in [-0.05, 0) is 32.0 Å². The van der Waals surface area contributed by atoms with Crippen LogP contribution >= 0.6 is 23.2 Å². The summed E-state index contributed by atoms with van der Waals surface area (Å²) in [6.07, 6.45) is 0. The van der Waals surface area contributed by atoms with Gasteiger partial charge in [0.25, 0.3) is 10.0 Å². The second-order valence-electron chi connectivity index (χ2n) is 4.38. The van der Waals surface area contributed by atoms with Crippen LogP contribution in [0.4, 0.5) is 11.6 Å². The minimum absolute atomic E-state index is 0.0171. The fourth-order valence-electron chi connectivity index (χ4n) is 1.67. The number of aryl methyl sites for hydroxylation is 2. The van der Waals surface area contributed by atoms with Crippen molar-refractivity contribution in [1.82, 2.24) is 9.97 Å². The van der Waals surface area contributed by atoms with Crippen LogP contribution in [0.5, 0.6) is 0 Å². The first kappa shape index (κ1) is 15.8. The third kappa shape index (κ3) is 3.55. The van der Waals surface area contributed by atoms with Crippen molar-refractivity contribution in [1.29, 1.82) is 0 Å². The molecule has 1 aromatic carbocycles. The monoisotopic (exact) mass is 346 g/mol. The summed E-state index contributed by atoms with van der Waals surface area (Å²) in [6.45, 7) is 3.48. The summed E-state index contributed by atoms with van der Waals surface area (Å²) in [7, 11) is -3.91. The molecule has 6 nitrogen and oxygen atoms in total. The van der Waals surface area contributed by atoms with Gasteiger partial charge in [-0.15, -0.1) is 0 Å². The topological polar surface area (TPSA) is 98.0 Å². The molecule has 3 N–H and O–H groups in total. The van der Waals surface area contributed by atoms with Crippen LogP contribution in [0.15, 0.2) is 23.1 Å².